The Morgan fingerprint density at radius 2 is 2.20 bits per heavy atom. The number of hydrogen-bond donors (Lipinski definition) is 1. The fourth-order valence-electron chi connectivity index (χ4n) is 0. The molecule has 5 heavy (non-hydrogen) atoms. The van der Waals surface area contributed by atoms with Gasteiger partial charge in [-0.2, -0.15) is 0 Å². The van der Waals surface area contributed by atoms with E-state index in [1.165, 1.54) is 6.92 Å². The second-order valence-electron chi connectivity index (χ2n) is 0.869. The zero-order valence-electron chi connectivity index (χ0n) is 3.03. The van der Waals surface area contributed by atoms with Crippen molar-refractivity contribution in [1.82, 2.24) is 0 Å². The van der Waals surface area contributed by atoms with Crippen LogP contribution in [-0.2, 0) is 0 Å². The summed E-state index contributed by atoms with van der Waals surface area (Å²) in [6.45, 7) is 0.597. The minimum absolute atomic E-state index is 0.162. The van der Waals surface area contributed by atoms with Gasteiger partial charge in [-0.15, -0.1) is 0 Å². The molecule has 0 spiro atoms. The number of halogens is 1. The lowest BCUT2D eigenvalue weighted by atomic mass is 10.5. The number of alkyl halides is 1. The van der Waals surface area contributed by atoms with Crippen molar-refractivity contribution in [3.63, 3.8) is 0 Å². The normalized spacial score (nSPS) is 9.60. The Hall–Kier alpha value is -0.110. The van der Waals surface area contributed by atoms with Gasteiger partial charge in [0.1, 0.15) is 12.8 Å². The molecule has 0 aromatic heterocycles. The van der Waals surface area contributed by atoms with E-state index in [1.54, 1.807) is 0 Å². The summed E-state index contributed by atoms with van der Waals surface area (Å²) in [4.78, 5) is 0. The van der Waals surface area contributed by atoms with Gasteiger partial charge in [-0.3, -0.25) is 0 Å². The number of rotatable bonds is 1. The molecule has 0 bridgehead atoms. The molecule has 1 nitrogen and oxygen atoms in total. The van der Waals surface area contributed by atoms with E-state index in [0.29, 0.717) is 0 Å². The maximum atomic E-state index is 10.8. The number of aliphatic hydroxyl groups is 1. The maximum Gasteiger partial charge on any atom is 0.121 e. The Bertz CT molecular complexity index is 20.9. The van der Waals surface area contributed by atoms with Crippen LogP contribution in [0.1, 0.15) is 6.92 Å². The van der Waals surface area contributed by atoms with Crippen LogP contribution in [0.2, 0.25) is 0 Å². The topological polar surface area (TPSA) is 20.2 Å². The van der Waals surface area contributed by atoms with Gasteiger partial charge in [0, 0.05) is 0 Å². The predicted molar refractivity (Wildman–Crippen MR) is 16.8 cm³/mol. The summed E-state index contributed by atoms with van der Waals surface area (Å²) in [5.41, 5.74) is 0. The highest BCUT2D eigenvalue weighted by Crippen LogP contribution is 1.86. The lowest BCUT2D eigenvalue weighted by molar-refractivity contribution is 0.261. The largest absolute Gasteiger partial charge is 0.384 e. The van der Waals surface area contributed by atoms with Crippen LogP contribution in [0, 0.1) is 6.10 Å². The molecule has 0 aliphatic rings. The van der Waals surface area contributed by atoms with Crippen LogP contribution >= 0.6 is 0 Å². The lowest BCUT2D eigenvalue weighted by Crippen LogP contribution is -1.87. The van der Waals surface area contributed by atoms with E-state index in [0.717, 1.165) is 0 Å². The minimum Gasteiger partial charge on any atom is -0.384 e. The molecular weight excluding hydrogens is 71.0 g/mol. The van der Waals surface area contributed by atoms with Crippen LogP contribution < -0.4 is 0 Å². The summed E-state index contributed by atoms with van der Waals surface area (Å²) in [6.07, 6.45) is -0.162. The van der Waals surface area contributed by atoms with Gasteiger partial charge in [0.05, 0.1) is 0 Å². The van der Waals surface area contributed by atoms with Crippen LogP contribution in [0.4, 0.5) is 4.39 Å². The fraction of sp³-hybridized carbons (Fsp3) is 0.667. The molecule has 0 unspecified atom stereocenters. The first kappa shape index (κ1) is 4.89. The number of aliphatic hydroxyl groups excluding tert-OH is 1. The third kappa shape index (κ3) is 3.89. The second kappa shape index (κ2) is 2.15. The van der Waals surface area contributed by atoms with E-state index in [2.05, 4.69) is 0 Å². The Morgan fingerprint density at radius 1 is 2.00 bits per heavy atom. The van der Waals surface area contributed by atoms with E-state index in [4.69, 9.17) is 5.11 Å². The summed E-state index contributed by atoms with van der Waals surface area (Å²) >= 11 is 0. The van der Waals surface area contributed by atoms with Crippen molar-refractivity contribution >= 4 is 0 Å². The Labute approximate surface area is 30.4 Å². The summed E-state index contributed by atoms with van der Waals surface area (Å²) in [7, 11) is 0. The van der Waals surface area contributed by atoms with Gasteiger partial charge in [0.2, 0.25) is 0 Å². The van der Waals surface area contributed by atoms with Crippen molar-refractivity contribution in [2.45, 2.75) is 6.92 Å². The van der Waals surface area contributed by atoms with Crippen LogP contribution in [-0.4, -0.2) is 11.8 Å². The fourth-order valence-corrected chi connectivity index (χ4v) is 0. The molecule has 0 aromatic rings. The molecule has 0 rings (SSSR count). The van der Waals surface area contributed by atoms with Crippen molar-refractivity contribution in [3.8, 4) is 0 Å². The molecule has 0 aliphatic heterocycles. The third-order valence-electron chi connectivity index (χ3n) is 0.193. The first-order valence-electron chi connectivity index (χ1n) is 1.34. The molecule has 0 amide bonds. The molecule has 31 valence electrons. The minimum atomic E-state index is -0.722. The molecule has 0 aromatic carbocycles. The van der Waals surface area contributed by atoms with Gasteiger partial charge in [-0.1, -0.05) is 0 Å². The molecule has 2 heteroatoms. The Balaban J connectivity index is 2.54. The molecule has 0 aliphatic carbocycles. The molecule has 0 saturated carbocycles. The Kier molecular flexibility index (Phi) is 2.10. The molecular formula is C3H6FO. The first-order valence-corrected chi connectivity index (χ1v) is 1.34. The van der Waals surface area contributed by atoms with Gasteiger partial charge in [-0.05, 0) is 6.92 Å². The predicted octanol–water partition coefficient (Wildman–Crippen LogP) is 0.880. The summed E-state index contributed by atoms with van der Waals surface area (Å²) in [6, 6.07) is 0. The molecule has 0 fully saturated rings. The van der Waals surface area contributed by atoms with Crippen LogP contribution in [0.5, 0.6) is 0 Å². The van der Waals surface area contributed by atoms with Gasteiger partial charge in [0.15, 0.2) is 0 Å². The van der Waals surface area contributed by atoms with E-state index >= 15 is 0 Å². The van der Waals surface area contributed by atoms with E-state index < -0.39 is 6.67 Å². The SMILES string of the molecule is C[C](O)CF. The summed E-state index contributed by atoms with van der Waals surface area (Å²) in [5, 5.41) is 7.90. The molecule has 0 heterocycles. The number of hydrogen-bond acceptors (Lipinski definition) is 1. The van der Waals surface area contributed by atoms with Gasteiger partial charge < -0.3 is 5.11 Å². The summed E-state index contributed by atoms with van der Waals surface area (Å²) in [5.74, 6) is 0. The van der Waals surface area contributed by atoms with Crippen LogP contribution in [0.3, 0.4) is 0 Å². The van der Waals surface area contributed by atoms with Crippen molar-refractivity contribution in [2.75, 3.05) is 6.67 Å². The lowest BCUT2D eigenvalue weighted by Gasteiger charge is -1.85. The Morgan fingerprint density at radius 3 is 2.20 bits per heavy atom. The molecule has 1 radical (unpaired) electrons. The molecule has 0 saturated heterocycles. The monoisotopic (exact) mass is 77.0 g/mol. The zero-order valence-corrected chi connectivity index (χ0v) is 3.03. The van der Waals surface area contributed by atoms with Crippen molar-refractivity contribution in [1.29, 1.82) is 0 Å². The average molecular weight is 77.1 g/mol. The standard InChI is InChI=1S/C3H6FO/c1-3(5)2-4/h5H,2H2,1H3. The van der Waals surface area contributed by atoms with Crippen molar-refractivity contribution < 1.29 is 9.50 Å². The van der Waals surface area contributed by atoms with Crippen LogP contribution in [0.25, 0.3) is 0 Å². The van der Waals surface area contributed by atoms with Crippen molar-refractivity contribution in [2.24, 2.45) is 0 Å². The smallest absolute Gasteiger partial charge is 0.121 e. The molecule has 1 N–H and O–H groups in total. The van der Waals surface area contributed by atoms with Crippen LogP contribution in [0.15, 0.2) is 0 Å². The third-order valence-corrected chi connectivity index (χ3v) is 0.193. The van der Waals surface area contributed by atoms with E-state index in [9.17, 15) is 4.39 Å². The van der Waals surface area contributed by atoms with Gasteiger partial charge >= 0.3 is 0 Å². The zero-order chi connectivity index (χ0) is 4.28. The summed E-state index contributed by atoms with van der Waals surface area (Å²) < 4.78 is 10.8. The highest BCUT2D eigenvalue weighted by atomic mass is 19.1. The first-order chi connectivity index (χ1) is 2.27. The van der Waals surface area contributed by atoms with E-state index in [-0.39, 0.29) is 6.10 Å². The highest BCUT2D eigenvalue weighted by molar-refractivity contribution is 4.62. The maximum absolute atomic E-state index is 10.8. The average Bonchev–Trinajstić information content (AvgIpc) is 1.38. The highest BCUT2D eigenvalue weighted by Gasteiger charge is 1.87. The second-order valence-corrected chi connectivity index (χ2v) is 0.869. The van der Waals surface area contributed by atoms with Gasteiger partial charge in [0.25, 0.3) is 0 Å². The molecule has 0 atom stereocenters. The van der Waals surface area contributed by atoms with Gasteiger partial charge in [-0.25, -0.2) is 4.39 Å². The quantitative estimate of drug-likeness (QED) is 0.492. The van der Waals surface area contributed by atoms with E-state index in [1.807, 2.05) is 0 Å². The van der Waals surface area contributed by atoms with Crippen molar-refractivity contribution in [3.05, 3.63) is 6.10 Å².